The van der Waals surface area contributed by atoms with Crippen molar-refractivity contribution in [3.63, 3.8) is 0 Å². The van der Waals surface area contributed by atoms with E-state index in [0.717, 1.165) is 12.1 Å². The Balaban J connectivity index is 2.92. The molecule has 0 bridgehead atoms. The number of hydrogen-bond donors (Lipinski definition) is 0. The topological polar surface area (TPSA) is 0 Å². The first kappa shape index (κ1) is 13.5. The molecular weight excluding hydrogens is 239 g/mol. The summed E-state index contributed by atoms with van der Waals surface area (Å²) in [5.74, 6) is -2.46. The lowest BCUT2D eigenvalue weighted by atomic mass is 10.0. The van der Waals surface area contributed by atoms with Crippen LogP contribution in [-0.4, -0.2) is 6.18 Å². The summed E-state index contributed by atoms with van der Waals surface area (Å²) in [6.07, 6.45) is 0.302. The maximum absolute atomic E-state index is 12.9. The standard InChI is InChI=1S/C12H9F5/c1-2-3-4-9-5-7-10(8-6-9)11(13,14)12(15,16)17/h1,5-8H,3-4H2. The highest BCUT2D eigenvalue weighted by molar-refractivity contribution is 5.27. The third-order valence-corrected chi connectivity index (χ3v) is 2.23. The van der Waals surface area contributed by atoms with Crippen LogP contribution in [0.2, 0.25) is 0 Å². The average molecular weight is 248 g/mol. The summed E-state index contributed by atoms with van der Waals surface area (Å²) in [4.78, 5) is 0. The van der Waals surface area contributed by atoms with Crippen LogP contribution in [0, 0.1) is 12.3 Å². The molecule has 0 saturated carbocycles. The van der Waals surface area contributed by atoms with Crippen molar-refractivity contribution in [1.82, 2.24) is 0 Å². The number of terminal acetylenes is 1. The van der Waals surface area contributed by atoms with Gasteiger partial charge in [0, 0.05) is 12.0 Å². The van der Waals surface area contributed by atoms with Crippen molar-refractivity contribution in [3.8, 4) is 12.3 Å². The molecule has 0 aliphatic heterocycles. The van der Waals surface area contributed by atoms with Gasteiger partial charge in [-0.3, -0.25) is 0 Å². The third-order valence-electron chi connectivity index (χ3n) is 2.23. The van der Waals surface area contributed by atoms with Crippen molar-refractivity contribution in [2.24, 2.45) is 0 Å². The molecular formula is C12H9F5. The fourth-order valence-electron chi connectivity index (χ4n) is 1.26. The summed E-state index contributed by atoms with van der Waals surface area (Å²) in [5.41, 5.74) is -0.431. The first-order valence-corrected chi connectivity index (χ1v) is 4.76. The molecule has 0 aromatic heterocycles. The molecule has 1 aromatic carbocycles. The van der Waals surface area contributed by atoms with Crippen molar-refractivity contribution in [2.45, 2.75) is 24.9 Å². The number of rotatable bonds is 3. The second kappa shape index (κ2) is 4.74. The van der Waals surface area contributed by atoms with E-state index in [2.05, 4.69) is 5.92 Å². The molecule has 0 spiro atoms. The molecule has 0 nitrogen and oxygen atoms in total. The van der Waals surface area contributed by atoms with E-state index in [-0.39, 0.29) is 0 Å². The lowest BCUT2D eigenvalue weighted by Gasteiger charge is -2.19. The molecule has 0 N–H and O–H groups in total. The Bertz CT molecular complexity index is 408. The Morgan fingerprint density at radius 3 is 1.94 bits per heavy atom. The van der Waals surface area contributed by atoms with Gasteiger partial charge in [0.2, 0.25) is 0 Å². The monoisotopic (exact) mass is 248 g/mol. The zero-order valence-electron chi connectivity index (χ0n) is 8.69. The highest BCUT2D eigenvalue weighted by Crippen LogP contribution is 2.43. The van der Waals surface area contributed by atoms with E-state index in [1.165, 1.54) is 12.1 Å². The number of halogens is 5. The van der Waals surface area contributed by atoms with Crippen LogP contribution in [0.1, 0.15) is 17.5 Å². The minimum absolute atomic E-state index is 0.412. The van der Waals surface area contributed by atoms with E-state index in [1.807, 2.05) is 0 Å². The predicted molar refractivity (Wildman–Crippen MR) is 53.5 cm³/mol. The minimum atomic E-state index is -5.58. The fourth-order valence-corrected chi connectivity index (χ4v) is 1.26. The number of hydrogen-bond acceptors (Lipinski definition) is 0. The molecule has 0 fully saturated rings. The Labute approximate surface area is 95.4 Å². The van der Waals surface area contributed by atoms with Crippen LogP contribution >= 0.6 is 0 Å². The minimum Gasteiger partial charge on any atom is -0.191 e. The largest absolute Gasteiger partial charge is 0.458 e. The van der Waals surface area contributed by atoms with Gasteiger partial charge in [0.15, 0.2) is 0 Å². The van der Waals surface area contributed by atoms with Gasteiger partial charge < -0.3 is 0 Å². The van der Waals surface area contributed by atoms with E-state index < -0.39 is 17.7 Å². The van der Waals surface area contributed by atoms with Gasteiger partial charge >= 0.3 is 12.1 Å². The molecule has 0 radical (unpaired) electrons. The SMILES string of the molecule is C#CCCc1ccc(C(F)(F)C(F)(F)F)cc1. The van der Waals surface area contributed by atoms with Gasteiger partial charge in [-0.25, -0.2) is 0 Å². The zero-order chi connectivity index (χ0) is 13.1. The summed E-state index contributed by atoms with van der Waals surface area (Å²) >= 11 is 0. The Morgan fingerprint density at radius 1 is 1.00 bits per heavy atom. The number of alkyl halides is 5. The summed E-state index contributed by atoms with van der Waals surface area (Å²) < 4.78 is 61.9. The molecule has 0 heterocycles. The molecule has 17 heavy (non-hydrogen) atoms. The van der Waals surface area contributed by atoms with Gasteiger partial charge in [0.05, 0.1) is 0 Å². The van der Waals surface area contributed by atoms with Gasteiger partial charge in [-0.1, -0.05) is 24.3 Å². The summed E-state index contributed by atoms with van der Waals surface area (Å²) in [6, 6.07) is 4.01. The third kappa shape index (κ3) is 2.96. The van der Waals surface area contributed by atoms with E-state index in [0.29, 0.717) is 18.4 Å². The Kier molecular flexibility index (Phi) is 3.76. The first-order chi connectivity index (χ1) is 7.79. The number of aryl methyl sites for hydroxylation is 1. The number of benzene rings is 1. The van der Waals surface area contributed by atoms with Gasteiger partial charge in [0.1, 0.15) is 0 Å². The molecule has 0 amide bonds. The van der Waals surface area contributed by atoms with Crippen molar-refractivity contribution in [1.29, 1.82) is 0 Å². The fraction of sp³-hybridized carbons (Fsp3) is 0.333. The normalized spacial score (nSPS) is 12.2. The molecule has 0 atom stereocenters. The van der Waals surface area contributed by atoms with E-state index in [4.69, 9.17) is 6.42 Å². The molecule has 1 rings (SSSR count). The lowest BCUT2D eigenvalue weighted by molar-refractivity contribution is -0.289. The van der Waals surface area contributed by atoms with Crippen LogP contribution in [0.3, 0.4) is 0 Å². The molecule has 0 aliphatic rings. The van der Waals surface area contributed by atoms with Crippen LogP contribution in [0.25, 0.3) is 0 Å². The molecule has 0 aliphatic carbocycles. The van der Waals surface area contributed by atoms with E-state index in [9.17, 15) is 22.0 Å². The van der Waals surface area contributed by atoms with Gasteiger partial charge in [-0.2, -0.15) is 22.0 Å². The summed E-state index contributed by atoms with van der Waals surface area (Å²) in [6.45, 7) is 0. The second-order valence-corrected chi connectivity index (χ2v) is 3.47. The summed E-state index contributed by atoms with van der Waals surface area (Å²) in [5, 5.41) is 0. The molecule has 92 valence electrons. The Hall–Kier alpha value is -1.57. The zero-order valence-corrected chi connectivity index (χ0v) is 8.69. The van der Waals surface area contributed by atoms with Crippen molar-refractivity contribution >= 4 is 0 Å². The van der Waals surface area contributed by atoms with Gasteiger partial charge in [-0.05, 0) is 12.0 Å². The van der Waals surface area contributed by atoms with Crippen LogP contribution in [-0.2, 0) is 12.3 Å². The van der Waals surface area contributed by atoms with Crippen LogP contribution < -0.4 is 0 Å². The first-order valence-electron chi connectivity index (χ1n) is 4.76. The van der Waals surface area contributed by atoms with Gasteiger partial charge in [0.25, 0.3) is 0 Å². The highest BCUT2D eigenvalue weighted by Gasteiger charge is 2.58. The maximum atomic E-state index is 12.9. The molecule has 0 saturated heterocycles. The smallest absolute Gasteiger partial charge is 0.191 e. The van der Waals surface area contributed by atoms with E-state index >= 15 is 0 Å². The molecule has 1 aromatic rings. The molecule has 5 heteroatoms. The molecule has 0 unspecified atom stereocenters. The average Bonchev–Trinajstić information content (AvgIpc) is 2.25. The van der Waals surface area contributed by atoms with Gasteiger partial charge in [-0.15, -0.1) is 12.3 Å². The van der Waals surface area contributed by atoms with Crippen LogP contribution in [0.4, 0.5) is 22.0 Å². The Morgan fingerprint density at radius 2 is 1.53 bits per heavy atom. The van der Waals surface area contributed by atoms with Crippen LogP contribution in [0.15, 0.2) is 24.3 Å². The van der Waals surface area contributed by atoms with Crippen molar-refractivity contribution < 1.29 is 22.0 Å². The van der Waals surface area contributed by atoms with Crippen molar-refractivity contribution in [3.05, 3.63) is 35.4 Å². The quantitative estimate of drug-likeness (QED) is 0.562. The van der Waals surface area contributed by atoms with E-state index in [1.54, 1.807) is 0 Å². The maximum Gasteiger partial charge on any atom is 0.458 e. The summed E-state index contributed by atoms with van der Waals surface area (Å²) in [7, 11) is 0. The highest BCUT2D eigenvalue weighted by atomic mass is 19.4. The lowest BCUT2D eigenvalue weighted by Crippen LogP contribution is -2.33. The van der Waals surface area contributed by atoms with Crippen molar-refractivity contribution in [2.75, 3.05) is 0 Å². The predicted octanol–water partition coefficient (Wildman–Crippen LogP) is 3.91. The van der Waals surface area contributed by atoms with Crippen LogP contribution in [0.5, 0.6) is 0 Å². The second-order valence-electron chi connectivity index (χ2n) is 3.47.